The maximum atomic E-state index is 11.9. The molecular formula is C32H37N9O3. The van der Waals surface area contributed by atoms with Gasteiger partial charge in [0, 0.05) is 62.5 Å². The molecule has 0 spiro atoms. The molecular weight excluding hydrogens is 558 g/mol. The molecule has 2 fully saturated rings. The second-order valence-corrected chi connectivity index (χ2v) is 11.0. The van der Waals surface area contributed by atoms with E-state index in [2.05, 4.69) is 39.6 Å². The van der Waals surface area contributed by atoms with Crippen LogP contribution in [0.5, 0.6) is 0 Å². The number of nitrogens with one attached hydrogen (secondary N) is 3. The number of benzene rings is 2. The summed E-state index contributed by atoms with van der Waals surface area (Å²) < 4.78 is 7.95. The highest BCUT2D eigenvalue weighted by Gasteiger charge is 2.24. The predicted octanol–water partition coefficient (Wildman–Crippen LogP) is 5.11. The normalized spacial score (nSPS) is 16.9. The Balaban J connectivity index is 1.30. The third-order valence-corrected chi connectivity index (χ3v) is 7.95. The Morgan fingerprint density at radius 2 is 1.75 bits per heavy atom. The van der Waals surface area contributed by atoms with Gasteiger partial charge in [0.05, 0.1) is 11.1 Å². The number of hydrogen-bond donors (Lipinski definition) is 3. The van der Waals surface area contributed by atoms with Crippen LogP contribution in [0.15, 0.2) is 61.2 Å². The Labute approximate surface area is 256 Å². The minimum absolute atomic E-state index is 0.119. The van der Waals surface area contributed by atoms with Gasteiger partial charge in [-0.25, -0.2) is 4.68 Å². The lowest BCUT2D eigenvalue weighted by molar-refractivity contribution is -0.129. The van der Waals surface area contributed by atoms with Crippen molar-refractivity contribution in [2.45, 2.75) is 39.3 Å². The molecule has 2 aliphatic rings. The molecule has 0 radical (unpaired) electrons. The predicted molar refractivity (Wildman–Crippen MR) is 172 cm³/mol. The van der Waals surface area contributed by atoms with Crippen LogP contribution in [0, 0.1) is 6.92 Å². The number of fused-ring (bicyclic) bond motifs is 1. The van der Waals surface area contributed by atoms with Gasteiger partial charge in [-0.3, -0.25) is 9.59 Å². The molecule has 2 aliphatic heterocycles. The largest absolute Gasteiger partial charge is 0.368 e. The first-order valence-electron chi connectivity index (χ1n) is 14.9. The summed E-state index contributed by atoms with van der Waals surface area (Å²) >= 11 is 0. The van der Waals surface area contributed by atoms with Crippen molar-refractivity contribution >= 4 is 57.4 Å². The van der Waals surface area contributed by atoms with Gasteiger partial charge >= 0.3 is 0 Å². The summed E-state index contributed by atoms with van der Waals surface area (Å²) in [5.74, 6) is 0.834. The van der Waals surface area contributed by atoms with E-state index in [1.54, 1.807) is 6.92 Å². The van der Waals surface area contributed by atoms with Crippen molar-refractivity contribution in [2.24, 2.45) is 0 Å². The van der Waals surface area contributed by atoms with Crippen LogP contribution in [0.2, 0.25) is 0 Å². The number of anilines is 6. The molecule has 12 heteroatoms. The summed E-state index contributed by atoms with van der Waals surface area (Å²) in [6.07, 6.45) is 3.99. The number of amides is 2. The fourth-order valence-electron chi connectivity index (χ4n) is 5.64. The zero-order chi connectivity index (χ0) is 30.6. The van der Waals surface area contributed by atoms with Gasteiger partial charge in [0.2, 0.25) is 17.8 Å². The number of hydrogen-bond acceptors (Lipinski definition) is 9. The summed E-state index contributed by atoms with van der Waals surface area (Å²) in [6, 6.07) is 15.5. The zero-order valence-corrected chi connectivity index (χ0v) is 25.0. The van der Waals surface area contributed by atoms with E-state index in [1.807, 2.05) is 52.9 Å². The first-order valence-corrected chi connectivity index (χ1v) is 14.9. The number of carbonyl (C=O) groups is 2. The number of carbonyl (C=O) groups excluding carboxylic acids is 2. The number of ether oxygens (including phenoxy) is 1. The molecule has 12 nitrogen and oxygen atoms in total. The molecule has 0 aliphatic carbocycles. The van der Waals surface area contributed by atoms with Gasteiger partial charge in [0.15, 0.2) is 11.9 Å². The smallest absolute Gasteiger partial charge is 0.247 e. The maximum Gasteiger partial charge on any atom is 0.247 e. The number of aromatic nitrogens is 4. The van der Waals surface area contributed by atoms with Crippen molar-refractivity contribution < 1.29 is 14.3 Å². The Morgan fingerprint density at radius 3 is 2.45 bits per heavy atom. The molecule has 44 heavy (non-hydrogen) atoms. The van der Waals surface area contributed by atoms with Gasteiger partial charge in [-0.1, -0.05) is 12.6 Å². The van der Waals surface area contributed by atoms with Crippen LogP contribution in [0.1, 0.15) is 38.1 Å². The third-order valence-electron chi connectivity index (χ3n) is 7.95. The highest BCUT2D eigenvalue weighted by molar-refractivity contribution is 5.99. The number of rotatable bonds is 8. The van der Waals surface area contributed by atoms with E-state index >= 15 is 0 Å². The van der Waals surface area contributed by atoms with E-state index in [4.69, 9.17) is 19.8 Å². The van der Waals surface area contributed by atoms with E-state index in [1.165, 1.54) is 6.08 Å². The molecule has 6 rings (SSSR count). The molecule has 228 valence electrons. The fourth-order valence-corrected chi connectivity index (χ4v) is 5.64. The third kappa shape index (κ3) is 6.35. The highest BCUT2D eigenvalue weighted by atomic mass is 16.5. The van der Waals surface area contributed by atoms with Crippen molar-refractivity contribution in [3.05, 3.63) is 66.9 Å². The topological polar surface area (TPSA) is 130 Å². The second kappa shape index (κ2) is 12.7. The quantitative estimate of drug-likeness (QED) is 0.238. The van der Waals surface area contributed by atoms with E-state index in [0.29, 0.717) is 29.7 Å². The average Bonchev–Trinajstić information content (AvgIpc) is 3.38. The Morgan fingerprint density at radius 1 is 0.977 bits per heavy atom. The average molecular weight is 596 g/mol. The molecule has 2 amide bonds. The molecule has 2 aromatic carbocycles. The highest BCUT2D eigenvalue weighted by Crippen LogP contribution is 2.33. The van der Waals surface area contributed by atoms with E-state index < -0.39 is 0 Å². The molecule has 2 aromatic heterocycles. The monoisotopic (exact) mass is 595 g/mol. The van der Waals surface area contributed by atoms with Crippen molar-refractivity contribution in [3.63, 3.8) is 0 Å². The Hall–Kier alpha value is -4.97. The number of piperazine rings is 1. The van der Waals surface area contributed by atoms with Crippen LogP contribution < -0.4 is 20.9 Å². The van der Waals surface area contributed by atoms with Crippen LogP contribution in [0.25, 0.3) is 11.0 Å². The molecule has 4 heterocycles. The fraction of sp³-hybridized carbons (Fsp3) is 0.344. The SMILES string of the molecule is C=CC(=O)Nc1cccc(Nc2nc(Nc3ccc(N4CCN(C(C)=O)CC4)cc3)nc3c2c(C)nn3C2CCCCO2)c1. The molecule has 0 saturated carbocycles. The molecule has 2 saturated heterocycles. The molecule has 1 atom stereocenters. The minimum Gasteiger partial charge on any atom is -0.368 e. The molecule has 4 aromatic rings. The summed E-state index contributed by atoms with van der Waals surface area (Å²) in [5, 5.41) is 15.2. The van der Waals surface area contributed by atoms with Crippen LogP contribution in [-0.2, 0) is 14.3 Å². The van der Waals surface area contributed by atoms with Gasteiger partial charge in [-0.15, -0.1) is 0 Å². The van der Waals surface area contributed by atoms with Crippen LogP contribution >= 0.6 is 0 Å². The lowest BCUT2D eigenvalue weighted by atomic mass is 10.2. The molecule has 0 bridgehead atoms. The van der Waals surface area contributed by atoms with Crippen molar-refractivity contribution in [1.82, 2.24) is 24.6 Å². The minimum atomic E-state index is -0.285. The van der Waals surface area contributed by atoms with Gasteiger partial charge < -0.3 is 30.5 Å². The van der Waals surface area contributed by atoms with Crippen molar-refractivity contribution in [1.29, 1.82) is 0 Å². The molecule has 1 unspecified atom stereocenters. The van der Waals surface area contributed by atoms with Crippen molar-refractivity contribution in [3.8, 4) is 0 Å². The van der Waals surface area contributed by atoms with E-state index in [-0.39, 0.29) is 18.0 Å². The van der Waals surface area contributed by atoms with Crippen LogP contribution in [-0.4, -0.2) is 69.2 Å². The second-order valence-electron chi connectivity index (χ2n) is 11.0. The first-order chi connectivity index (χ1) is 21.4. The standard InChI is InChI=1S/C32H37N9O3/c1-4-27(43)33-24-8-7-9-25(20-24)34-30-29-21(2)38-41(28-10-5-6-19-44-28)31(29)37-32(36-30)35-23-11-13-26(14-12-23)40-17-15-39(16-18-40)22(3)42/h4,7-9,11-14,20,28H,1,5-6,10,15-19H2,2-3H3,(H,33,43)(H2,34,35,36,37). The van der Waals surface area contributed by atoms with Gasteiger partial charge in [-0.05, 0) is 74.7 Å². The zero-order valence-electron chi connectivity index (χ0n) is 25.0. The Bertz CT molecular complexity index is 1670. The first kappa shape index (κ1) is 29.1. The summed E-state index contributed by atoms with van der Waals surface area (Å²) in [6.45, 7) is 10.8. The van der Waals surface area contributed by atoms with E-state index in [0.717, 1.165) is 73.6 Å². The van der Waals surface area contributed by atoms with Crippen molar-refractivity contribution in [2.75, 3.05) is 53.6 Å². The van der Waals surface area contributed by atoms with Crippen LogP contribution in [0.3, 0.4) is 0 Å². The number of aryl methyl sites for hydroxylation is 1. The summed E-state index contributed by atoms with van der Waals surface area (Å²) in [4.78, 5) is 37.5. The van der Waals surface area contributed by atoms with Gasteiger partial charge in [0.1, 0.15) is 5.82 Å². The Kier molecular flexibility index (Phi) is 8.42. The summed E-state index contributed by atoms with van der Waals surface area (Å²) in [7, 11) is 0. The summed E-state index contributed by atoms with van der Waals surface area (Å²) in [5.41, 5.74) is 4.78. The van der Waals surface area contributed by atoms with Crippen LogP contribution in [0.4, 0.5) is 34.5 Å². The number of nitrogens with zero attached hydrogens (tertiary/aromatic N) is 6. The van der Waals surface area contributed by atoms with Gasteiger partial charge in [0.25, 0.3) is 0 Å². The van der Waals surface area contributed by atoms with Gasteiger partial charge in [-0.2, -0.15) is 15.1 Å². The maximum absolute atomic E-state index is 11.9. The lowest BCUT2D eigenvalue weighted by Gasteiger charge is -2.35. The lowest BCUT2D eigenvalue weighted by Crippen LogP contribution is -2.48. The van der Waals surface area contributed by atoms with E-state index in [9.17, 15) is 9.59 Å². The molecule has 3 N–H and O–H groups in total.